The van der Waals surface area contributed by atoms with Gasteiger partial charge in [0.15, 0.2) is 0 Å². The molecule has 0 aliphatic heterocycles. The summed E-state index contributed by atoms with van der Waals surface area (Å²) >= 11 is 2.22. The third kappa shape index (κ3) is 4.80. The summed E-state index contributed by atoms with van der Waals surface area (Å²) in [6.45, 7) is 11.0. The molecule has 0 bridgehead atoms. The van der Waals surface area contributed by atoms with E-state index in [1.165, 1.54) is 6.42 Å². The van der Waals surface area contributed by atoms with Crippen LogP contribution < -0.4 is 0 Å². The fourth-order valence-corrected chi connectivity index (χ4v) is 0.706. The lowest BCUT2D eigenvalue weighted by Gasteiger charge is -2.24. The van der Waals surface area contributed by atoms with Crippen LogP contribution in [0.3, 0.4) is 0 Å². The van der Waals surface area contributed by atoms with Crippen molar-refractivity contribution in [3.63, 3.8) is 0 Å². The van der Waals surface area contributed by atoms with Crippen LogP contribution in [0, 0.1) is 0 Å². The molecule has 1 nitrogen and oxygen atoms in total. The summed E-state index contributed by atoms with van der Waals surface area (Å²) in [4.78, 5) is 0. The van der Waals surface area contributed by atoms with Crippen molar-refractivity contribution in [2.45, 2.75) is 39.2 Å². The molecule has 0 N–H and O–H groups in total. The van der Waals surface area contributed by atoms with Gasteiger partial charge in [0.25, 0.3) is 0 Å². The van der Waals surface area contributed by atoms with Crippen LogP contribution in [0.15, 0.2) is 10.2 Å². The lowest BCUT2D eigenvalue weighted by Crippen LogP contribution is -2.24. The van der Waals surface area contributed by atoms with Gasteiger partial charge in [-0.2, -0.15) is 0 Å². The van der Waals surface area contributed by atoms with Crippen molar-refractivity contribution in [2.24, 2.45) is 0 Å². The Hall–Kier alpha value is 0.430. The van der Waals surface area contributed by atoms with Crippen LogP contribution in [0.1, 0.15) is 33.6 Å². The molecule has 0 aromatic carbocycles. The fourth-order valence-electron chi connectivity index (χ4n) is 0.550. The smallest absolute Gasteiger partial charge is 0.0925 e. The zero-order chi connectivity index (χ0) is 8.91. The van der Waals surface area contributed by atoms with Gasteiger partial charge >= 0.3 is 0 Å². The highest BCUT2D eigenvalue weighted by Gasteiger charge is 2.19. The second-order valence-electron chi connectivity index (χ2n) is 3.12. The molecular weight excluding hydrogens is 251 g/mol. The molecule has 0 radical (unpaired) electrons. The van der Waals surface area contributed by atoms with E-state index in [1.807, 2.05) is 0 Å². The molecule has 0 fully saturated rings. The van der Waals surface area contributed by atoms with Gasteiger partial charge in [-0.05, 0) is 42.9 Å². The first kappa shape index (κ1) is 11.4. The molecule has 0 rings (SSSR count). The highest BCUT2D eigenvalue weighted by Crippen LogP contribution is 2.24. The van der Waals surface area contributed by atoms with Crippen molar-refractivity contribution in [3.05, 3.63) is 10.2 Å². The predicted octanol–water partition coefficient (Wildman–Crippen LogP) is 3.53. The van der Waals surface area contributed by atoms with E-state index < -0.39 is 0 Å². The Kier molecular flexibility index (Phi) is 5.34. The Bertz CT molecular complexity index is 130. The van der Waals surface area contributed by atoms with Crippen molar-refractivity contribution >= 4 is 22.6 Å². The van der Waals surface area contributed by atoms with Gasteiger partial charge in [0.1, 0.15) is 0 Å². The van der Waals surface area contributed by atoms with Gasteiger partial charge in [-0.3, -0.25) is 0 Å². The predicted molar refractivity (Wildman–Crippen MR) is 58.1 cm³/mol. The van der Waals surface area contributed by atoms with E-state index in [4.69, 9.17) is 4.74 Å². The molecule has 0 saturated heterocycles. The second-order valence-corrected chi connectivity index (χ2v) is 4.42. The number of unbranched alkanes of at least 4 members (excludes halogenated alkanes) is 1. The minimum atomic E-state index is -0.157. The summed E-state index contributed by atoms with van der Waals surface area (Å²) in [5.74, 6) is 0. The molecule has 11 heavy (non-hydrogen) atoms. The molecule has 0 saturated carbocycles. The van der Waals surface area contributed by atoms with Crippen LogP contribution >= 0.6 is 22.6 Å². The van der Waals surface area contributed by atoms with Crippen molar-refractivity contribution in [3.8, 4) is 0 Å². The van der Waals surface area contributed by atoms with Gasteiger partial charge in [-0.1, -0.05) is 19.9 Å². The highest BCUT2D eigenvalue weighted by atomic mass is 127. The lowest BCUT2D eigenvalue weighted by molar-refractivity contribution is 0.0170. The van der Waals surface area contributed by atoms with Crippen LogP contribution in [0.2, 0.25) is 0 Å². The lowest BCUT2D eigenvalue weighted by atomic mass is 10.1. The maximum absolute atomic E-state index is 5.62. The van der Waals surface area contributed by atoms with E-state index in [2.05, 4.69) is 49.9 Å². The SMILES string of the molecule is C=C(I)C(C)(C)OCCCC. The van der Waals surface area contributed by atoms with E-state index in [-0.39, 0.29) is 5.60 Å². The quantitative estimate of drug-likeness (QED) is 0.547. The van der Waals surface area contributed by atoms with Gasteiger partial charge in [-0.15, -0.1) is 0 Å². The van der Waals surface area contributed by atoms with Crippen molar-refractivity contribution in [2.75, 3.05) is 6.61 Å². The van der Waals surface area contributed by atoms with Crippen LogP contribution in [0.5, 0.6) is 0 Å². The van der Waals surface area contributed by atoms with Crippen LogP contribution in [-0.2, 0) is 4.74 Å². The Morgan fingerprint density at radius 2 is 2.09 bits per heavy atom. The number of halogens is 1. The molecule has 0 aliphatic carbocycles. The average molecular weight is 268 g/mol. The Morgan fingerprint density at radius 3 is 2.45 bits per heavy atom. The zero-order valence-corrected chi connectivity index (χ0v) is 9.77. The largest absolute Gasteiger partial charge is 0.370 e. The monoisotopic (exact) mass is 268 g/mol. The molecule has 0 spiro atoms. The number of hydrogen-bond donors (Lipinski definition) is 0. The molecule has 0 aromatic rings. The number of rotatable bonds is 5. The molecule has 0 aromatic heterocycles. The summed E-state index contributed by atoms with van der Waals surface area (Å²) in [5, 5.41) is 0. The number of ether oxygens (including phenoxy) is 1. The molecule has 0 unspecified atom stereocenters. The normalized spacial score (nSPS) is 11.6. The van der Waals surface area contributed by atoms with Crippen molar-refractivity contribution in [1.82, 2.24) is 0 Å². The topological polar surface area (TPSA) is 9.23 Å². The highest BCUT2D eigenvalue weighted by molar-refractivity contribution is 14.1. The molecule has 2 heteroatoms. The summed E-state index contributed by atoms with van der Waals surface area (Å²) in [5.41, 5.74) is -0.157. The van der Waals surface area contributed by atoms with E-state index in [0.717, 1.165) is 16.6 Å². The van der Waals surface area contributed by atoms with Gasteiger partial charge in [0, 0.05) is 10.2 Å². The molecule has 66 valence electrons. The van der Waals surface area contributed by atoms with E-state index >= 15 is 0 Å². The van der Waals surface area contributed by atoms with Crippen molar-refractivity contribution < 1.29 is 4.74 Å². The molecular formula is C9H17IO. The molecule has 0 heterocycles. The Balaban J connectivity index is 3.64. The standard InChI is InChI=1S/C9H17IO/c1-5-6-7-11-9(3,4)8(2)10/h2,5-7H2,1,3-4H3. The Labute approximate surface area is 83.3 Å². The summed E-state index contributed by atoms with van der Waals surface area (Å²) in [6.07, 6.45) is 2.32. The number of hydrogen-bond acceptors (Lipinski definition) is 1. The maximum Gasteiger partial charge on any atom is 0.0925 e. The van der Waals surface area contributed by atoms with Gasteiger partial charge in [-0.25, -0.2) is 0 Å². The van der Waals surface area contributed by atoms with Crippen molar-refractivity contribution in [1.29, 1.82) is 0 Å². The average Bonchev–Trinajstić information content (AvgIpc) is 1.88. The van der Waals surface area contributed by atoms with E-state index in [9.17, 15) is 0 Å². The first-order valence-electron chi connectivity index (χ1n) is 3.99. The molecule has 0 amide bonds. The zero-order valence-electron chi connectivity index (χ0n) is 7.61. The second kappa shape index (κ2) is 5.14. The Morgan fingerprint density at radius 1 is 1.55 bits per heavy atom. The van der Waals surface area contributed by atoms with Crippen LogP contribution in [0.25, 0.3) is 0 Å². The van der Waals surface area contributed by atoms with Gasteiger partial charge in [0.2, 0.25) is 0 Å². The van der Waals surface area contributed by atoms with Gasteiger partial charge in [0.05, 0.1) is 5.60 Å². The molecule has 0 aliphatic rings. The van der Waals surface area contributed by atoms with Crippen LogP contribution in [0.4, 0.5) is 0 Å². The molecule has 0 atom stereocenters. The summed E-state index contributed by atoms with van der Waals surface area (Å²) in [7, 11) is 0. The van der Waals surface area contributed by atoms with Crippen LogP contribution in [-0.4, -0.2) is 12.2 Å². The van der Waals surface area contributed by atoms with Gasteiger partial charge < -0.3 is 4.74 Å². The maximum atomic E-state index is 5.62. The summed E-state index contributed by atoms with van der Waals surface area (Å²) < 4.78 is 6.69. The minimum Gasteiger partial charge on any atom is -0.370 e. The van der Waals surface area contributed by atoms with E-state index in [1.54, 1.807) is 0 Å². The first-order valence-corrected chi connectivity index (χ1v) is 5.07. The van der Waals surface area contributed by atoms with E-state index in [0.29, 0.717) is 0 Å². The summed E-state index contributed by atoms with van der Waals surface area (Å²) in [6, 6.07) is 0. The minimum absolute atomic E-state index is 0.157. The third-order valence-corrected chi connectivity index (χ3v) is 2.91. The third-order valence-electron chi connectivity index (χ3n) is 1.61. The first-order chi connectivity index (χ1) is 5.00. The fraction of sp³-hybridized carbons (Fsp3) is 0.778.